The van der Waals surface area contributed by atoms with Crippen molar-refractivity contribution in [1.82, 2.24) is 15.2 Å². The van der Waals surface area contributed by atoms with Gasteiger partial charge in [0.05, 0.1) is 18.4 Å². The van der Waals surface area contributed by atoms with Crippen LogP contribution in [-0.2, 0) is 5.75 Å². The zero-order chi connectivity index (χ0) is 19.5. The maximum absolute atomic E-state index is 5.91. The van der Waals surface area contributed by atoms with Crippen LogP contribution in [0.5, 0.6) is 5.75 Å². The Hall–Kier alpha value is -1.87. The number of benzene rings is 2. The molecule has 142 valence electrons. The fourth-order valence-corrected chi connectivity index (χ4v) is 4.55. The van der Waals surface area contributed by atoms with Crippen LogP contribution in [-0.4, -0.2) is 22.3 Å². The van der Waals surface area contributed by atoms with Gasteiger partial charge in [-0.15, -0.1) is 21.5 Å². The largest absolute Gasteiger partial charge is 0.496 e. The summed E-state index contributed by atoms with van der Waals surface area (Å²) in [5, 5.41) is 12.3. The summed E-state index contributed by atoms with van der Waals surface area (Å²) >= 11 is 12.4. The zero-order valence-corrected chi connectivity index (χ0v) is 18.5. The van der Waals surface area contributed by atoms with E-state index in [9.17, 15) is 0 Å². The number of halogens is 2. The van der Waals surface area contributed by atoms with Gasteiger partial charge in [0.15, 0.2) is 0 Å². The lowest BCUT2D eigenvalue weighted by atomic mass is 10.2. The number of ether oxygens (including phenoxy) is 1. The number of methoxy groups -OCH3 is 1. The van der Waals surface area contributed by atoms with Gasteiger partial charge in [0, 0.05) is 26.2 Å². The fourth-order valence-electron chi connectivity index (χ4n) is 2.46. The predicted octanol–water partition coefficient (Wildman–Crippen LogP) is 6.58. The Morgan fingerprint density at radius 3 is 2.79 bits per heavy atom. The highest BCUT2D eigenvalue weighted by atomic mass is 79.9. The minimum Gasteiger partial charge on any atom is -0.496 e. The summed E-state index contributed by atoms with van der Waals surface area (Å²) in [6.07, 6.45) is 0. The van der Waals surface area contributed by atoms with E-state index in [1.165, 1.54) is 11.8 Å². The lowest BCUT2D eigenvalue weighted by Crippen LogP contribution is -1.88. The molecule has 0 N–H and O–H groups in total. The number of thioether (sulfide) groups is 1. The Kier molecular flexibility index (Phi) is 6.01. The van der Waals surface area contributed by atoms with Crippen LogP contribution in [0.4, 0.5) is 0 Å². The van der Waals surface area contributed by atoms with E-state index < -0.39 is 0 Å². The van der Waals surface area contributed by atoms with E-state index in [1.54, 1.807) is 30.6 Å². The summed E-state index contributed by atoms with van der Waals surface area (Å²) in [6.45, 7) is 0. The molecule has 4 rings (SSSR count). The van der Waals surface area contributed by atoms with Gasteiger partial charge >= 0.3 is 0 Å². The Labute approximate surface area is 183 Å². The molecule has 2 aromatic heterocycles. The molecule has 2 aromatic carbocycles. The lowest BCUT2D eigenvalue weighted by molar-refractivity contribution is 0.416. The van der Waals surface area contributed by atoms with E-state index in [2.05, 4.69) is 26.1 Å². The van der Waals surface area contributed by atoms with Crippen molar-refractivity contribution in [1.29, 1.82) is 0 Å². The van der Waals surface area contributed by atoms with Crippen molar-refractivity contribution < 1.29 is 9.15 Å². The Balaban J connectivity index is 1.46. The lowest BCUT2D eigenvalue weighted by Gasteiger charge is -2.06. The van der Waals surface area contributed by atoms with Crippen LogP contribution in [0.2, 0.25) is 5.02 Å². The SMILES string of the molecule is COc1ccc(Br)cc1-c1nc(CSc2nnc(-c3ccc(Cl)cc3)o2)cs1. The normalized spacial score (nSPS) is 11.0. The molecule has 0 aliphatic heterocycles. The minimum absolute atomic E-state index is 0.469. The van der Waals surface area contributed by atoms with Gasteiger partial charge in [-0.2, -0.15) is 0 Å². The van der Waals surface area contributed by atoms with Crippen molar-refractivity contribution in [3.05, 3.63) is 63.0 Å². The highest BCUT2D eigenvalue weighted by Gasteiger charge is 2.13. The van der Waals surface area contributed by atoms with Gasteiger partial charge in [-0.1, -0.05) is 39.3 Å². The first-order valence-corrected chi connectivity index (χ1v) is 11.2. The monoisotopic (exact) mass is 493 g/mol. The van der Waals surface area contributed by atoms with Gasteiger partial charge in [0.25, 0.3) is 5.22 Å². The summed E-state index contributed by atoms with van der Waals surface area (Å²) < 4.78 is 12.1. The Bertz CT molecular complexity index is 1100. The average molecular weight is 495 g/mol. The van der Waals surface area contributed by atoms with Gasteiger partial charge in [-0.25, -0.2) is 4.98 Å². The van der Waals surface area contributed by atoms with E-state index >= 15 is 0 Å². The maximum atomic E-state index is 5.91. The van der Waals surface area contributed by atoms with E-state index in [0.717, 1.165) is 32.1 Å². The minimum atomic E-state index is 0.469. The van der Waals surface area contributed by atoms with Gasteiger partial charge in [-0.05, 0) is 42.5 Å². The smallest absolute Gasteiger partial charge is 0.277 e. The summed E-state index contributed by atoms with van der Waals surface area (Å²) in [5.74, 6) is 1.90. The van der Waals surface area contributed by atoms with Crippen LogP contribution in [0.25, 0.3) is 22.0 Å². The number of rotatable bonds is 6. The molecule has 0 amide bonds. The molecule has 2 heterocycles. The van der Waals surface area contributed by atoms with Crippen molar-refractivity contribution in [2.24, 2.45) is 0 Å². The summed E-state index contributed by atoms with van der Waals surface area (Å²) in [7, 11) is 1.66. The molecule has 5 nitrogen and oxygen atoms in total. The van der Waals surface area contributed by atoms with Gasteiger partial charge < -0.3 is 9.15 Å². The molecule has 0 aliphatic rings. The Morgan fingerprint density at radius 2 is 2.00 bits per heavy atom. The van der Waals surface area contributed by atoms with Gasteiger partial charge in [0.2, 0.25) is 5.89 Å². The molecule has 4 aromatic rings. The van der Waals surface area contributed by atoms with Crippen molar-refractivity contribution in [3.63, 3.8) is 0 Å². The maximum Gasteiger partial charge on any atom is 0.277 e. The van der Waals surface area contributed by atoms with Crippen LogP contribution in [0.3, 0.4) is 0 Å². The second kappa shape index (κ2) is 8.65. The first-order chi connectivity index (χ1) is 13.6. The molecular weight excluding hydrogens is 482 g/mol. The first kappa shape index (κ1) is 19.4. The van der Waals surface area contributed by atoms with Crippen LogP contribution in [0.15, 0.2) is 62.0 Å². The molecule has 0 spiro atoms. The second-order valence-electron chi connectivity index (χ2n) is 5.66. The highest BCUT2D eigenvalue weighted by molar-refractivity contribution is 9.10. The standard InChI is InChI=1S/C19H13BrClN3O2S2/c1-25-16-7-4-12(20)8-15(16)18-22-14(9-27-18)10-28-19-24-23-17(26-19)11-2-5-13(21)6-3-11/h2-9H,10H2,1H3. The molecular formula is C19H13BrClN3O2S2. The first-order valence-electron chi connectivity index (χ1n) is 8.13. The highest BCUT2D eigenvalue weighted by Crippen LogP contribution is 2.35. The molecule has 0 saturated carbocycles. The van der Waals surface area contributed by atoms with Crippen molar-refractivity contribution in [2.45, 2.75) is 11.0 Å². The van der Waals surface area contributed by atoms with Crippen LogP contribution >= 0.6 is 50.6 Å². The third-order valence-electron chi connectivity index (χ3n) is 3.78. The molecule has 0 aliphatic carbocycles. The molecule has 0 fully saturated rings. The quantitative estimate of drug-likeness (QED) is 0.282. The number of aromatic nitrogens is 3. The Morgan fingerprint density at radius 1 is 1.18 bits per heavy atom. The fraction of sp³-hybridized carbons (Fsp3) is 0.105. The molecule has 0 bridgehead atoms. The summed E-state index contributed by atoms with van der Waals surface area (Å²) in [4.78, 5) is 4.71. The van der Waals surface area contributed by atoms with E-state index in [1.807, 2.05) is 35.7 Å². The van der Waals surface area contributed by atoms with Crippen LogP contribution in [0, 0.1) is 0 Å². The van der Waals surface area contributed by atoms with Gasteiger partial charge in [0.1, 0.15) is 10.8 Å². The van der Waals surface area contributed by atoms with E-state index in [0.29, 0.717) is 21.9 Å². The van der Waals surface area contributed by atoms with Crippen molar-refractivity contribution in [2.75, 3.05) is 7.11 Å². The topological polar surface area (TPSA) is 61.0 Å². The molecule has 0 radical (unpaired) electrons. The zero-order valence-electron chi connectivity index (χ0n) is 14.6. The van der Waals surface area contributed by atoms with E-state index in [4.69, 9.17) is 25.7 Å². The number of hydrogen-bond acceptors (Lipinski definition) is 7. The van der Waals surface area contributed by atoms with Crippen LogP contribution < -0.4 is 4.74 Å². The average Bonchev–Trinajstić information content (AvgIpc) is 3.36. The second-order valence-corrected chi connectivity index (χ2v) is 8.79. The van der Waals surface area contributed by atoms with Crippen LogP contribution in [0.1, 0.15) is 5.69 Å². The van der Waals surface area contributed by atoms with Crippen molar-refractivity contribution >= 4 is 50.6 Å². The number of hydrogen-bond donors (Lipinski definition) is 0. The molecule has 0 unspecified atom stereocenters. The number of nitrogens with zero attached hydrogens (tertiary/aromatic N) is 3. The number of thiazole rings is 1. The van der Waals surface area contributed by atoms with E-state index in [-0.39, 0.29) is 0 Å². The molecule has 28 heavy (non-hydrogen) atoms. The molecule has 9 heteroatoms. The molecule has 0 saturated heterocycles. The summed E-state index contributed by atoms with van der Waals surface area (Å²) in [5.41, 5.74) is 2.74. The molecule has 0 atom stereocenters. The van der Waals surface area contributed by atoms with Gasteiger partial charge in [-0.3, -0.25) is 0 Å². The third-order valence-corrected chi connectivity index (χ3v) is 6.31. The predicted molar refractivity (Wildman–Crippen MR) is 116 cm³/mol. The van der Waals surface area contributed by atoms with Crippen molar-refractivity contribution in [3.8, 4) is 27.8 Å². The third kappa shape index (κ3) is 4.41. The summed E-state index contributed by atoms with van der Waals surface area (Å²) in [6, 6.07) is 13.2.